The maximum Gasteiger partial charge on any atom is 0.242 e. The lowest BCUT2D eigenvalue weighted by Crippen LogP contribution is -2.42. The molecule has 0 saturated heterocycles. The Labute approximate surface area is 113 Å². The summed E-state index contributed by atoms with van der Waals surface area (Å²) >= 11 is 6.15. The van der Waals surface area contributed by atoms with Crippen LogP contribution in [-0.4, -0.2) is 18.6 Å². The van der Waals surface area contributed by atoms with Crippen molar-refractivity contribution in [3.05, 3.63) is 35.4 Å². The molecule has 0 saturated carbocycles. The van der Waals surface area contributed by atoms with Crippen LogP contribution in [0.3, 0.4) is 0 Å². The Morgan fingerprint density at radius 2 is 1.89 bits per heavy atom. The second kappa shape index (κ2) is 6.21. The highest BCUT2D eigenvalue weighted by Crippen LogP contribution is 2.22. The maximum atomic E-state index is 11.9. The standard InChI is InChI=1S/C14H20ClNO2/c1-14(2,3)16-13(17)12(15)11-7-5-10(6-8-11)9-18-4/h5-8,12H,9H2,1-4H3,(H,16,17). The van der Waals surface area contributed by atoms with Gasteiger partial charge in [-0.15, -0.1) is 11.6 Å². The number of amides is 1. The van der Waals surface area contributed by atoms with E-state index in [1.165, 1.54) is 0 Å². The second-order valence-corrected chi connectivity index (χ2v) is 5.71. The van der Waals surface area contributed by atoms with E-state index >= 15 is 0 Å². The van der Waals surface area contributed by atoms with Crippen molar-refractivity contribution in [2.24, 2.45) is 0 Å². The minimum atomic E-state index is -0.666. The van der Waals surface area contributed by atoms with Crippen molar-refractivity contribution in [3.63, 3.8) is 0 Å². The number of alkyl halides is 1. The summed E-state index contributed by atoms with van der Waals surface area (Å²) in [7, 11) is 1.65. The van der Waals surface area contributed by atoms with Crippen molar-refractivity contribution < 1.29 is 9.53 Å². The Morgan fingerprint density at radius 1 is 1.33 bits per heavy atom. The number of carbonyl (C=O) groups is 1. The second-order valence-electron chi connectivity index (χ2n) is 5.28. The van der Waals surface area contributed by atoms with Crippen LogP contribution in [0.15, 0.2) is 24.3 Å². The number of benzene rings is 1. The minimum Gasteiger partial charge on any atom is -0.380 e. The Morgan fingerprint density at radius 3 is 2.33 bits per heavy atom. The summed E-state index contributed by atoms with van der Waals surface area (Å²) in [6.45, 7) is 6.34. The maximum absolute atomic E-state index is 11.9. The number of carbonyl (C=O) groups excluding carboxylic acids is 1. The van der Waals surface area contributed by atoms with Crippen LogP contribution < -0.4 is 5.32 Å². The molecule has 100 valence electrons. The molecule has 4 heteroatoms. The molecule has 0 bridgehead atoms. The number of rotatable bonds is 4. The summed E-state index contributed by atoms with van der Waals surface area (Å²) in [5.41, 5.74) is 1.57. The van der Waals surface area contributed by atoms with Crippen molar-refractivity contribution in [1.82, 2.24) is 5.32 Å². The molecule has 1 aromatic rings. The van der Waals surface area contributed by atoms with Gasteiger partial charge < -0.3 is 10.1 Å². The largest absolute Gasteiger partial charge is 0.380 e. The van der Waals surface area contributed by atoms with Gasteiger partial charge in [0.15, 0.2) is 0 Å². The first-order valence-corrected chi connectivity index (χ1v) is 6.31. The van der Waals surface area contributed by atoms with Crippen LogP contribution in [0.1, 0.15) is 37.3 Å². The number of nitrogens with one attached hydrogen (secondary N) is 1. The smallest absolute Gasteiger partial charge is 0.242 e. The van der Waals surface area contributed by atoms with Gasteiger partial charge in [-0.3, -0.25) is 4.79 Å². The zero-order valence-corrected chi connectivity index (χ0v) is 12.0. The van der Waals surface area contributed by atoms with E-state index in [1.54, 1.807) is 7.11 Å². The predicted molar refractivity (Wildman–Crippen MR) is 73.6 cm³/mol. The fourth-order valence-corrected chi connectivity index (χ4v) is 1.73. The average Bonchev–Trinajstić information content (AvgIpc) is 2.27. The summed E-state index contributed by atoms with van der Waals surface area (Å²) in [4.78, 5) is 11.9. The van der Waals surface area contributed by atoms with Gasteiger partial charge in [0.1, 0.15) is 5.38 Å². The number of hydrogen-bond donors (Lipinski definition) is 1. The molecule has 18 heavy (non-hydrogen) atoms. The molecule has 1 amide bonds. The monoisotopic (exact) mass is 269 g/mol. The number of hydrogen-bond acceptors (Lipinski definition) is 2. The van der Waals surface area contributed by atoms with E-state index in [1.807, 2.05) is 45.0 Å². The molecular formula is C14H20ClNO2. The van der Waals surface area contributed by atoms with Crippen molar-refractivity contribution in [2.45, 2.75) is 38.3 Å². The molecule has 0 radical (unpaired) electrons. The van der Waals surface area contributed by atoms with E-state index in [2.05, 4.69) is 5.32 Å². The van der Waals surface area contributed by atoms with Crippen LogP contribution in [0, 0.1) is 0 Å². The first-order chi connectivity index (χ1) is 8.33. The molecular weight excluding hydrogens is 250 g/mol. The molecule has 1 N–H and O–H groups in total. The van der Waals surface area contributed by atoms with Gasteiger partial charge in [0.2, 0.25) is 5.91 Å². The third-order valence-electron chi connectivity index (χ3n) is 2.31. The van der Waals surface area contributed by atoms with E-state index in [0.717, 1.165) is 11.1 Å². The lowest BCUT2D eigenvalue weighted by atomic mass is 10.1. The zero-order valence-electron chi connectivity index (χ0n) is 11.3. The Bertz CT molecular complexity index is 395. The van der Waals surface area contributed by atoms with Crippen LogP contribution in [0.5, 0.6) is 0 Å². The molecule has 0 spiro atoms. The van der Waals surface area contributed by atoms with Gasteiger partial charge in [-0.05, 0) is 31.9 Å². The molecule has 1 unspecified atom stereocenters. The fraction of sp³-hybridized carbons (Fsp3) is 0.500. The van der Waals surface area contributed by atoms with Crippen LogP contribution in [0.25, 0.3) is 0 Å². The van der Waals surface area contributed by atoms with Gasteiger partial charge in [0, 0.05) is 12.6 Å². The lowest BCUT2D eigenvalue weighted by Gasteiger charge is -2.22. The molecule has 0 aromatic heterocycles. The third-order valence-corrected chi connectivity index (χ3v) is 2.76. The third kappa shape index (κ3) is 4.67. The molecule has 0 aliphatic rings. The van der Waals surface area contributed by atoms with Gasteiger partial charge in [-0.2, -0.15) is 0 Å². The van der Waals surface area contributed by atoms with Crippen molar-refractivity contribution >= 4 is 17.5 Å². The molecule has 0 aliphatic carbocycles. The van der Waals surface area contributed by atoms with Crippen molar-refractivity contribution in [1.29, 1.82) is 0 Å². The fourth-order valence-electron chi connectivity index (χ4n) is 1.53. The van der Waals surface area contributed by atoms with Crippen LogP contribution in [-0.2, 0) is 16.1 Å². The Hall–Kier alpha value is -1.06. The van der Waals surface area contributed by atoms with E-state index in [-0.39, 0.29) is 11.4 Å². The molecule has 0 fully saturated rings. The van der Waals surface area contributed by atoms with Crippen molar-refractivity contribution in [2.75, 3.05) is 7.11 Å². The number of ether oxygens (including phenoxy) is 1. The summed E-state index contributed by atoms with van der Waals surface area (Å²) < 4.78 is 5.03. The normalized spacial score (nSPS) is 13.2. The highest BCUT2D eigenvalue weighted by atomic mass is 35.5. The topological polar surface area (TPSA) is 38.3 Å². The highest BCUT2D eigenvalue weighted by Gasteiger charge is 2.22. The highest BCUT2D eigenvalue weighted by molar-refractivity contribution is 6.30. The number of halogens is 1. The SMILES string of the molecule is COCc1ccc(C(Cl)C(=O)NC(C)(C)C)cc1. The molecule has 0 heterocycles. The minimum absolute atomic E-state index is 0.177. The summed E-state index contributed by atoms with van der Waals surface area (Å²) in [5, 5.41) is 2.20. The van der Waals surface area contributed by atoms with Crippen LogP contribution in [0.4, 0.5) is 0 Å². The van der Waals surface area contributed by atoms with Gasteiger partial charge in [0.05, 0.1) is 6.61 Å². The van der Waals surface area contributed by atoms with Gasteiger partial charge in [-0.25, -0.2) is 0 Å². The summed E-state index contributed by atoms with van der Waals surface area (Å²) in [6, 6.07) is 7.54. The molecule has 1 rings (SSSR count). The van der Waals surface area contributed by atoms with Crippen LogP contribution in [0.2, 0.25) is 0 Å². The first kappa shape index (κ1) is 15.0. The van der Waals surface area contributed by atoms with E-state index in [0.29, 0.717) is 6.61 Å². The van der Waals surface area contributed by atoms with Gasteiger partial charge >= 0.3 is 0 Å². The van der Waals surface area contributed by atoms with Crippen LogP contribution >= 0.6 is 11.6 Å². The average molecular weight is 270 g/mol. The molecule has 0 aliphatic heterocycles. The molecule has 3 nitrogen and oxygen atoms in total. The Balaban J connectivity index is 2.71. The predicted octanol–water partition coefficient (Wildman–Crippen LogP) is 3.03. The van der Waals surface area contributed by atoms with E-state index in [4.69, 9.17) is 16.3 Å². The first-order valence-electron chi connectivity index (χ1n) is 5.87. The number of methoxy groups -OCH3 is 1. The van der Waals surface area contributed by atoms with Gasteiger partial charge in [-0.1, -0.05) is 24.3 Å². The van der Waals surface area contributed by atoms with Gasteiger partial charge in [0.25, 0.3) is 0 Å². The summed E-state index contributed by atoms with van der Waals surface area (Å²) in [6.07, 6.45) is 0. The molecule has 1 aromatic carbocycles. The Kier molecular flexibility index (Phi) is 5.17. The zero-order chi connectivity index (χ0) is 13.8. The quantitative estimate of drug-likeness (QED) is 0.854. The summed E-state index contributed by atoms with van der Waals surface area (Å²) in [5.74, 6) is -0.177. The molecule has 1 atom stereocenters. The van der Waals surface area contributed by atoms with E-state index < -0.39 is 5.38 Å². The van der Waals surface area contributed by atoms with E-state index in [9.17, 15) is 4.79 Å². The lowest BCUT2D eigenvalue weighted by molar-refractivity contribution is -0.122. The van der Waals surface area contributed by atoms with Crippen molar-refractivity contribution in [3.8, 4) is 0 Å².